The van der Waals surface area contributed by atoms with Gasteiger partial charge in [-0.1, -0.05) is 23.7 Å². The normalized spacial score (nSPS) is 19.7. The Labute approximate surface area is 150 Å². The van der Waals surface area contributed by atoms with E-state index in [9.17, 15) is 14.7 Å². The Morgan fingerprint density at radius 1 is 1.24 bits per heavy atom. The van der Waals surface area contributed by atoms with Crippen LogP contribution < -0.4 is 0 Å². The molecule has 0 radical (unpaired) electrons. The molecule has 3 rings (SSSR count). The number of carbonyl (C=O) groups is 2. The van der Waals surface area contributed by atoms with Crippen molar-refractivity contribution in [1.29, 1.82) is 0 Å². The molecule has 0 aliphatic carbocycles. The first-order valence-corrected chi connectivity index (χ1v) is 8.12. The van der Waals surface area contributed by atoms with Crippen molar-refractivity contribution in [2.24, 2.45) is 7.05 Å². The Kier molecular flexibility index (Phi) is 4.16. The number of amides is 1. The maximum absolute atomic E-state index is 12.6. The summed E-state index contributed by atoms with van der Waals surface area (Å²) in [6.45, 7) is 3.55. The van der Waals surface area contributed by atoms with E-state index in [0.717, 1.165) is 0 Å². The number of hydrogen-bond acceptors (Lipinski definition) is 4. The van der Waals surface area contributed by atoms with Gasteiger partial charge in [0.05, 0.1) is 22.9 Å². The summed E-state index contributed by atoms with van der Waals surface area (Å²) in [5.74, 6) is -1.59. The average Bonchev–Trinajstić information content (AvgIpc) is 2.94. The molecule has 25 heavy (non-hydrogen) atoms. The molecule has 1 aromatic carbocycles. The fourth-order valence-electron chi connectivity index (χ4n) is 3.27. The van der Waals surface area contributed by atoms with E-state index in [4.69, 9.17) is 11.6 Å². The molecule has 1 aromatic heterocycles. The summed E-state index contributed by atoms with van der Waals surface area (Å²) in [6.07, 6.45) is 0. The molecule has 1 aliphatic heterocycles. The number of likely N-dealkylation sites (tertiary alicyclic amines) is 1. The first kappa shape index (κ1) is 17.2. The Bertz CT molecular complexity index is 930. The second-order valence-electron chi connectivity index (χ2n) is 6.13. The number of likely N-dealkylation sites (N-methyl/N-ethyl adjacent to an activating group) is 1. The second kappa shape index (κ2) is 6.04. The van der Waals surface area contributed by atoms with Crippen molar-refractivity contribution in [2.75, 3.05) is 7.05 Å². The monoisotopic (exact) mass is 359 g/mol. The molecule has 2 aromatic rings. The minimum absolute atomic E-state index is 0.0500. The molecule has 0 saturated carbocycles. The summed E-state index contributed by atoms with van der Waals surface area (Å²) < 4.78 is 1.63. The zero-order valence-electron chi connectivity index (χ0n) is 14.4. The smallest absolute Gasteiger partial charge is 0.295 e. The standard InChI is InChI=1S/C18H18ClN3O3/c1-9-13(10(2)22(4)20-9)16(23)14-15(21(3)18(25)17(14)24)11-6-5-7-12(19)8-11/h5-8,15,23H,1-4H3/b16-14+. The lowest BCUT2D eigenvalue weighted by Crippen LogP contribution is -2.24. The number of aliphatic hydroxyl groups excluding tert-OH is 1. The van der Waals surface area contributed by atoms with Crippen LogP contribution in [-0.4, -0.2) is 38.5 Å². The molecule has 1 N–H and O–H groups in total. The number of Topliss-reactive ketones (excluding diaryl/α,β-unsaturated/α-hetero) is 1. The van der Waals surface area contributed by atoms with Crippen molar-refractivity contribution >= 4 is 29.1 Å². The third-order valence-corrected chi connectivity index (χ3v) is 4.82. The van der Waals surface area contributed by atoms with Gasteiger partial charge in [0.2, 0.25) is 0 Å². The maximum atomic E-state index is 12.6. The van der Waals surface area contributed by atoms with Crippen LogP contribution in [0.3, 0.4) is 0 Å². The van der Waals surface area contributed by atoms with Gasteiger partial charge in [0.25, 0.3) is 11.7 Å². The Balaban J connectivity index is 2.26. The minimum Gasteiger partial charge on any atom is -0.507 e. The van der Waals surface area contributed by atoms with Gasteiger partial charge in [-0.3, -0.25) is 14.3 Å². The third kappa shape index (κ3) is 2.62. The van der Waals surface area contributed by atoms with Crippen molar-refractivity contribution < 1.29 is 14.7 Å². The molecule has 1 saturated heterocycles. The first-order valence-electron chi connectivity index (χ1n) is 7.74. The van der Waals surface area contributed by atoms with E-state index in [2.05, 4.69) is 5.10 Å². The summed E-state index contributed by atoms with van der Waals surface area (Å²) in [5.41, 5.74) is 2.48. The number of nitrogens with zero attached hydrogens (tertiary/aromatic N) is 3. The highest BCUT2D eigenvalue weighted by Crippen LogP contribution is 2.39. The number of hydrogen-bond donors (Lipinski definition) is 1. The summed E-state index contributed by atoms with van der Waals surface area (Å²) in [5, 5.41) is 15.7. The van der Waals surface area contributed by atoms with E-state index in [0.29, 0.717) is 27.5 Å². The van der Waals surface area contributed by atoms with Crippen LogP contribution in [-0.2, 0) is 16.6 Å². The number of aryl methyl sites for hydroxylation is 2. The molecule has 1 amide bonds. The van der Waals surface area contributed by atoms with Crippen LogP contribution in [0.1, 0.15) is 28.6 Å². The van der Waals surface area contributed by atoms with Gasteiger partial charge in [-0.15, -0.1) is 0 Å². The van der Waals surface area contributed by atoms with E-state index in [-0.39, 0.29) is 11.3 Å². The van der Waals surface area contributed by atoms with Crippen LogP contribution in [0.5, 0.6) is 0 Å². The van der Waals surface area contributed by atoms with E-state index < -0.39 is 17.7 Å². The number of benzene rings is 1. The highest BCUT2D eigenvalue weighted by Gasteiger charge is 2.44. The van der Waals surface area contributed by atoms with Gasteiger partial charge in [0.15, 0.2) is 0 Å². The lowest BCUT2D eigenvalue weighted by atomic mass is 9.95. The lowest BCUT2D eigenvalue weighted by Gasteiger charge is -2.21. The lowest BCUT2D eigenvalue weighted by molar-refractivity contribution is -0.139. The highest BCUT2D eigenvalue weighted by molar-refractivity contribution is 6.46. The van der Waals surface area contributed by atoms with Crippen molar-refractivity contribution in [3.63, 3.8) is 0 Å². The Morgan fingerprint density at radius 3 is 2.48 bits per heavy atom. The number of ketones is 1. The zero-order chi connectivity index (χ0) is 18.5. The van der Waals surface area contributed by atoms with E-state index in [1.165, 1.54) is 11.9 Å². The van der Waals surface area contributed by atoms with E-state index in [1.807, 2.05) is 0 Å². The zero-order valence-corrected chi connectivity index (χ0v) is 15.1. The number of aliphatic hydroxyl groups is 1. The van der Waals surface area contributed by atoms with Gasteiger partial charge in [-0.25, -0.2) is 0 Å². The topological polar surface area (TPSA) is 75.4 Å². The van der Waals surface area contributed by atoms with Crippen molar-refractivity contribution in [1.82, 2.24) is 14.7 Å². The number of carbonyl (C=O) groups excluding carboxylic acids is 2. The molecule has 7 heteroatoms. The van der Waals surface area contributed by atoms with Crippen LogP contribution >= 0.6 is 11.6 Å². The average molecular weight is 360 g/mol. The largest absolute Gasteiger partial charge is 0.507 e. The summed E-state index contributed by atoms with van der Waals surface area (Å²) >= 11 is 6.06. The molecule has 1 unspecified atom stereocenters. The molecule has 130 valence electrons. The molecular formula is C18H18ClN3O3. The first-order chi connectivity index (χ1) is 11.7. The van der Waals surface area contributed by atoms with Gasteiger partial charge >= 0.3 is 0 Å². The van der Waals surface area contributed by atoms with Crippen LogP contribution in [0.2, 0.25) is 5.02 Å². The van der Waals surface area contributed by atoms with Gasteiger partial charge < -0.3 is 10.0 Å². The second-order valence-corrected chi connectivity index (χ2v) is 6.57. The third-order valence-electron chi connectivity index (χ3n) is 4.59. The summed E-state index contributed by atoms with van der Waals surface area (Å²) in [7, 11) is 3.29. The van der Waals surface area contributed by atoms with Crippen LogP contribution in [0.4, 0.5) is 0 Å². The van der Waals surface area contributed by atoms with E-state index in [1.54, 1.807) is 49.8 Å². The molecule has 1 atom stereocenters. The Morgan fingerprint density at radius 2 is 1.92 bits per heavy atom. The van der Waals surface area contributed by atoms with Crippen LogP contribution in [0, 0.1) is 13.8 Å². The minimum atomic E-state index is -0.715. The molecular weight excluding hydrogens is 342 g/mol. The molecule has 0 spiro atoms. The molecule has 1 aliphatic rings. The maximum Gasteiger partial charge on any atom is 0.295 e. The van der Waals surface area contributed by atoms with Crippen LogP contribution in [0.15, 0.2) is 29.8 Å². The van der Waals surface area contributed by atoms with Gasteiger partial charge in [-0.05, 0) is 31.5 Å². The SMILES string of the molecule is Cc1nn(C)c(C)c1/C(O)=C1\C(=O)C(=O)N(C)C1c1cccc(Cl)c1. The van der Waals surface area contributed by atoms with Gasteiger partial charge in [0.1, 0.15) is 5.76 Å². The van der Waals surface area contributed by atoms with Crippen molar-refractivity contribution in [2.45, 2.75) is 19.9 Å². The van der Waals surface area contributed by atoms with Gasteiger partial charge in [-0.2, -0.15) is 5.10 Å². The van der Waals surface area contributed by atoms with Gasteiger partial charge in [0, 0.05) is 24.8 Å². The molecule has 0 bridgehead atoms. The fraction of sp³-hybridized carbons (Fsp3) is 0.278. The molecule has 2 heterocycles. The molecule has 1 fully saturated rings. The Hall–Kier alpha value is -2.60. The van der Waals surface area contributed by atoms with Crippen molar-refractivity contribution in [3.8, 4) is 0 Å². The fourth-order valence-corrected chi connectivity index (χ4v) is 3.46. The summed E-state index contributed by atoms with van der Waals surface area (Å²) in [4.78, 5) is 26.2. The summed E-state index contributed by atoms with van der Waals surface area (Å²) in [6, 6.07) is 6.22. The predicted molar refractivity (Wildman–Crippen MR) is 94.2 cm³/mol. The molecule has 6 nitrogen and oxygen atoms in total. The predicted octanol–water partition coefficient (Wildman–Crippen LogP) is 2.74. The van der Waals surface area contributed by atoms with Crippen LogP contribution in [0.25, 0.3) is 5.76 Å². The van der Waals surface area contributed by atoms with Crippen molar-refractivity contribution in [3.05, 3.63) is 57.4 Å². The number of halogens is 1. The highest BCUT2D eigenvalue weighted by atomic mass is 35.5. The quantitative estimate of drug-likeness (QED) is 0.508. The number of aromatic nitrogens is 2. The number of rotatable bonds is 2. The van der Waals surface area contributed by atoms with E-state index >= 15 is 0 Å².